The molecule has 9 heteroatoms. The molecule has 0 unspecified atom stereocenters. The average molecular weight is 423 g/mol. The van der Waals surface area contributed by atoms with Gasteiger partial charge in [-0.15, -0.1) is 0 Å². The van der Waals surface area contributed by atoms with Gasteiger partial charge in [0, 0.05) is 30.0 Å². The summed E-state index contributed by atoms with van der Waals surface area (Å²) >= 11 is 3.33. The topological polar surface area (TPSA) is 110 Å². The molecule has 1 aromatic rings. The highest BCUT2D eigenvalue weighted by Crippen LogP contribution is 2.28. The van der Waals surface area contributed by atoms with Crippen LogP contribution in [0, 0.1) is 0 Å². The number of amides is 3. The highest BCUT2D eigenvalue weighted by Gasteiger charge is 2.40. The molecule has 0 radical (unpaired) electrons. The van der Waals surface area contributed by atoms with Crippen molar-refractivity contribution in [3.05, 3.63) is 28.2 Å². The van der Waals surface area contributed by atoms with Gasteiger partial charge in [-0.25, -0.2) is 0 Å². The van der Waals surface area contributed by atoms with E-state index in [9.17, 15) is 24.3 Å². The van der Waals surface area contributed by atoms with E-state index in [0.29, 0.717) is 17.8 Å². The quantitative estimate of drug-likeness (QED) is 0.732. The second-order valence-electron chi connectivity index (χ2n) is 6.26. The summed E-state index contributed by atoms with van der Waals surface area (Å²) in [5, 5.41) is 13.2. The van der Waals surface area contributed by atoms with Gasteiger partial charge in [-0.1, -0.05) is 15.9 Å². The zero-order valence-electron chi connectivity index (χ0n) is 13.9. The van der Waals surface area contributed by atoms with E-state index >= 15 is 0 Å². The van der Waals surface area contributed by atoms with Crippen LogP contribution in [0.25, 0.3) is 0 Å². The number of anilines is 1. The van der Waals surface area contributed by atoms with Gasteiger partial charge in [0.2, 0.25) is 11.8 Å². The number of benzene rings is 1. The Morgan fingerprint density at radius 2 is 2.00 bits per heavy atom. The molecule has 0 bridgehead atoms. The van der Waals surface area contributed by atoms with E-state index in [2.05, 4.69) is 21.2 Å². The standard InChI is InChI=1S/C17H18BrN3O5/c18-10-4-5-12-11(8-10)17(26)21-7-6-20(9-13(21)16(25)19-12)14(22)2-1-3-15(23)24/h4-5,8,13H,1-3,6-7,9H2,(H,19,25)(H,23,24)/p-1/t13-/m1/s1. The molecule has 1 N–H and O–H groups in total. The minimum absolute atomic E-state index is 0.0729. The van der Waals surface area contributed by atoms with E-state index in [1.165, 1.54) is 9.80 Å². The van der Waals surface area contributed by atoms with Gasteiger partial charge >= 0.3 is 0 Å². The Kier molecular flexibility index (Phi) is 5.26. The lowest BCUT2D eigenvalue weighted by Crippen LogP contribution is -2.59. The van der Waals surface area contributed by atoms with E-state index in [4.69, 9.17) is 0 Å². The van der Waals surface area contributed by atoms with Crippen molar-refractivity contribution in [2.24, 2.45) is 0 Å². The number of hydrogen-bond acceptors (Lipinski definition) is 5. The number of rotatable bonds is 4. The summed E-state index contributed by atoms with van der Waals surface area (Å²) < 4.78 is 0.735. The third-order valence-electron chi connectivity index (χ3n) is 4.54. The van der Waals surface area contributed by atoms with Gasteiger partial charge in [0.1, 0.15) is 6.04 Å². The molecular formula is C17H17BrN3O5-. The molecule has 2 heterocycles. The highest BCUT2D eigenvalue weighted by atomic mass is 79.9. The fourth-order valence-electron chi connectivity index (χ4n) is 3.19. The van der Waals surface area contributed by atoms with Crippen LogP contribution in [0.3, 0.4) is 0 Å². The zero-order valence-corrected chi connectivity index (χ0v) is 15.5. The predicted octanol–water partition coefficient (Wildman–Crippen LogP) is -0.0256. The molecule has 2 aliphatic heterocycles. The van der Waals surface area contributed by atoms with Crippen molar-refractivity contribution in [3.8, 4) is 0 Å². The van der Waals surface area contributed by atoms with Crippen LogP contribution in [0.2, 0.25) is 0 Å². The fraction of sp³-hybridized carbons (Fsp3) is 0.412. The molecule has 2 aliphatic rings. The maximum atomic E-state index is 12.8. The van der Waals surface area contributed by atoms with Gasteiger partial charge in [0.05, 0.1) is 17.8 Å². The first-order valence-corrected chi connectivity index (χ1v) is 9.05. The maximum absolute atomic E-state index is 12.8. The van der Waals surface area contributed by atoms with Crippen molar-refractivity contribution >= 4 is 45.3 Å². The summed E-state index contributed by atoms with van der Waals surface area (Å²) in [5.74, 6) is -2.02. The third kappa shape index (κ3) is 3.72. The van der Waals surface area contributed by atoms with Crippen molar-refractivity contribution < 1.29 is 24.3 Å². The molecule has 1 fully saturated rings. The molecule has 138 valence electrons. The molecule has 0 aliphatic carbocycles. The molecular weight excluding hydrogens is 406 g/mol. The van der Waals surface area contributed by atoms with Crippen molar-refractivity contribution in [1.82, 2.24) is 9.80 Å². The number of carboxylic acids is 1. The third-order valence-corrected chi connectivity index (χ3v) is 5.03. The van der Waals surface area contributed by atoms with Crippen LogP contribution in [0.5, 0.6) is 0 Å². The molecule has 3 rings (SSSR count). The van der Waals surface area contributed by atoms with Crippen LogP contribution < -0.4 is 10.4 Å². The predicted molar refractivity (Wildman–Crippen MR) is 93.0 cm³/mol. The van der Waals surface area contributed by atoms with Gasteiger partial charge in [-0.05, 0) is 31.0 Å². The average Bonchev–Trinajstić information content (AvgIpc) is 2.70. The van der Waals surface area contributed by atoms with Crippen molar-refractivity contribution in [2.45, 2.75) is 25.3 Å². The first-order valence-electron chi connectivity index (χ1n) is 8.26. The Hall–Kier alpha value is -2.42. The van der Waals surface area contributed by atoms with Gasteiger partial charge in [0.15, 0.2) is 0 Å². The zero-order chi connectivity index (χ0) is 18.8. The first-order chi connectivity index (χ1) is 12.4. The molecule has 0 spiro atoms. The number of aliphatic carboxylic acids is 1. The second kappa shape index (κ2) is 7.45. The van der Waals surface area contributed by atoms with Crippen LogP contribution in [-0.4, -0.2) is 59.2 Å². The van der Waals surface area contributed by atoms with Crippen molar-refractivity contribution in [3.63, 3.8) is 0 Å². The minimum atomic E-state index is -1.19. The lowest BCUT2D eigenvalue weighted by Gasteiger charge is -2.39. The van der Waals surface area contributed by atoms with Gasteiger partial charge in [-0.2, -0.15) is 0 Å². The summed E-state index contributed by atoms with van der Waals surface area (Å²) in [7, 11) is 0. The number of carbonyl (C=O) groups is 4. The van der Waals surface area contributed by atoms with Crippen LogP contribution in [0.4, 0.5) is 5.69 Å². The Bertz CT molecular complexity index is 782. The van der Waals surface area contributed by atoms with Gasteiger partial charge in [-0.3, -0.25) is 14.4 Å². The molecule has 3 amide bonds. The Morgan fingerprint density at radius 3 is 2.73 bits per heavy atom. The Morgan fingerprint density at radius 1 is 1.23 bits per heavy atom. The van der Waals surface area contributed by atoms with Crippen molar-refractivity contribution in [1.29, 1.82) is 0 Å². The monoisotopic (exact) mass is 422 g/mol. The normalized spacial score (nSPS) is 19.3. The number of carbonyl (C=O) groups excluding carboxylic acids is 4. The van der Waals surface area contributed by atoms with Crippen LogP contribution in [0.1, 0.15) is 29.6 Å². The number of piperazine rings is 1. The molecule has 1 atom stereocenters. The molecule has 1 aromatic carbocycles. The number of nitrogens with one attached hydrogen (secondary N) is 1. The van der Waals surface area contributed by atoms with E-state index in [0.717, 1.165) is 4.47 Å². The fourth-order valence-corrected chi connectivity index (χ4v) is 3.55. The van der Waals surface area contributed by atoms with E-state index in [1.807, 2.05) is 0 Å². The summed E-state index contributed by atoms with van der Waals surface area (Å²) in [5.41, 5.74) is 0.855. The van der Waals surface area contributed by atoms with E-state index < -0.39 is 12.0 Å². The number of nitrogens with zero attached hydrogens (tertiary/aromatic N) is 2. The summed E-state index contributed by atoms with van der Waals surface area (Å²) in [4.78, 5) is 51.1. The van der Waals surface area contributed by atoms with Crippen LogP contribution >= 0.6 is 15.9 Å². The van der Waals surface area contributed by atoms with Crippen LogP contribution in [0.15, 0.2) is 22.7 Å². The van der Waals surface area contributed by atoms with Crippen LogP contribution in [-0.2, 0) is 14.4 Å². The highest BCUT2D eigenvalue weighted by molar-refractivity contribution is 9.10. The number of carboxylic acid groups (broad SMARTS) is 1. The Balaban J connectivity index is 1.74. The summed E-state index contributed by atoms with van der Waals surface area (Å²) in [6, 6.07) is 4.30. The molecule has 0 saturated carbocycles. The Labute approximate surface area is 158 Å². The van der Waals surface area contributed by atoms with Gasteiger partial charge in [0.25, 0.3) is 5.91 Å². The largest absolute Gasteiger partial charge is 0.550 e. The van der Waals surface area contributed by atoms with E-state index in [-0.39, 0.29) is 50.1 Å². The molecule has 0 aromatic heterocycles. The first kappa shape index (κ1) is 18.4. The number of halogens is 1. The molecule has 26 heavy (non-hydrogen) atoms. The molecule has 8 nitrogen and oxygen atoms in total. The lowest BCUT2D eigenvalue weighted by molar-refractivity contribution is -0.305. The summed E-state index contributed by atoms with van der Waals surface area (Å²) in [6.07, 6.45) is 0.0817. The van der Waals surface area contributed by atoms with Gasteiger partial charge < -0.3 is 25.0 Å². The summed E-state index contributed by atoms with van der Waals surface area (Å²) in [6.45, 7) is 0.648. The maximum Gasteiger partial charge on any atom is 0.256 e. The number of hydrogen-bond donors (Lipinski definition) is 1. The second-order valence-corrected chi connectivity index (χ2v) is 7.17. The van der Waals surface area contributed by atoms with E-state index in [1.54, 1.807) is 18.2 Å². The molecule has 1 saturated heterocycles. The van der Waals surface area contributed by atoms with Crippen molar-refractivity contribution in [2.75, 3.05) is 25.0 Å². The minimum Gasteiger partial charge on any atom is -0.550 e. The smallest absolute Gasteiger partial charge is 0.256 e. The number of fused-ring (bicyclic) bond motifs is 2. The SMILES string of the molecule is O=C([O-])CCCC(=O)N1CCN2C(=O)c3cc(Br)ccc3NC(=O)[C@H]2C1. The lowest BCUT2D eigenvalue weighted by atomic mass is 10.1.